The number of nitro benzene ring substituents is 1. The van der Waals surface area contributed by atoms with Crippen molar-refractivity contribution in [2.45, 2.75) is 19.4 Å². The number of hydrogen-bond donors (Lipinski definition) is 1. The van der Waals surface area contributed by atoms with Crippen molar-refractivity contribution in [3.05, 3.63) is 69.8 Å². The monoisotopic (exact) mass is 325 g/mol. The van der Waals surface area contributed by atoms with E-state index in [1.54, 1.807) is 19.1 Å². The molecule has 1 aliphatic heterocycles. The van der Waals surface area contributed by atoms with Crippen LogP contribution in [0.1, 0.15) is 17.5 Å². The van der Waals surface area contributed by atoms with Gasteiger partial charge in [-0.25, -0.2) is 0 Å². The summed E-state index contributed by atoms with van der Waals surface area (Å²) in [5, 5.41) is 17.6. The molecule has 1 N–H and O–H groups in total. The molecule has 1 heterocycles. The summed E-state index contributed by atoms with van der Waals surface area (Å²) in [6.45, 7) is 1.64. The number of hydrogen-bond acceptors (Lipinski definition) is 5. The van der Waals surface area contributed by atoms with Crippen molar-refractivity contribution in [2.75, 3.05) is 5.32 Å². The number of nitrogens with one attached hydrogen (secondary N) is 1. The lowest BCUT2D eigenvalue weighted by atomic mass is 10.0. The topological polar surface area (TPSA) is 93.8 Å². The highest BCUT2D eigenvalue weighted by atomic mass is 16.6. The van der Waals surface area contributed by atoms with Gasteiger partial charge in [-0.15, -0.1) is 0 Å². The molecule has 1 amide bonds. The Morgan fingerprint density at radius 1 is 1.29 bits per heavy atom. The number of nitrogens with zero attached hydrogens (tertiary/aromatic N) is 2. The molecule has 0 spiro atoms. The molecule has 0 fully saturated rings. The van der Waals surface area contributed by atoms with Gasteiger partial charge in [0, 0.05) is 23.7 Å². The zero-order chi connectivity index (χ0) is 17.1. The van der Waals surface area contributed by atoms with E-state index in [-0.39, 0.29) is 11.6 Å². The zero-order valence-electron chi connectivity index (χ0n) is 12.9. The van der Waals surface area contributed by atoms with Crippen LogP contribution < -0.4 is 5.32 Å². The van der Waals surface area contributed by atoms with E-state index in [9.17, 15) is 14.9 Å². The molecular weight excluding hydrogens is 310 g/mol. The summed E-state index contributed by atoms with van der Waals surface area (Å²) in [5.41, 5.74) is 2.45. The second kappa shape index (κ2) is 6.49. The molecule has 0 radical (unpaired) electrons. The fourth-order valence-electron chi connectivity index (χ4n) is 2.43. The van der Waals surface area contributed by atoms with Crippen LogP contribution in [0, 0.1) is 17.0 Å². The number of rotatable bonds is 4. The maximum absolute atomic E-state index is 12.3. The van der Waals surface area contributed by atoms with Crippen molar-refractivity contribution in [2.24, 2.45) is 5.16 Å². The molecule has 0 saturated heterocycles. The van der Waals surface area contributed by atoms with Crippen LogP contribution in [0.15, 0.2) is 53.7 Å². The lowest BCUT2D eigenvalue weighted by molar-refractivity contribution is -0.385. The number of benzene rings is 2. The Balaban J connectivity index is 1.67. The Bertz CT molecular complexity index is 818. The van der Waals surface area contributed by atoms with Crippen molar-refractivity contribution in [3.63, 3.8) is 0 Å². The third-order valence-corrected chi connectivity index (χ3v) is 3.74. The first-order valence-corrected chi connectivity index (χ1v) is 7.38. The molecule has 2 aromatic carbocycles. The smallest absolute Gasteiger partial charge is 0.274 e. The minimum atomic E-state index is -0.749. The van der Waals surface area contributed by atoms with E-state index in [2.05, 4.69) is 10.5 Å². The van der Waals surface area contributed by atoms with E-state index in [4.69, 9.17) is 4.84 Å². The number of carbonyl (C=O) groups excluding carboxylic acids is 1. The number of anilines is 1. The number of carbonyl (C=O) groups is 1. The maximum atomic E-state index is 12.3. The van der Waals surface area contributed by atoms with Gasteiger partial charge in [0.25, 0.3) is 11.6 Å². The highest BCUT2D eigenvalue weighted by Gasteiger charge is 2.29. The number of amides is 1. The van der Waals surface area contributed by atoms with Crippen molar-refractivity contribution in [1.29, 1.82) is 0 Å². The van der Waals surface area contributed by atoms with Crippen LogP contribution in [0.25, 0.3) is 0 Å². The third-order valence-electron chi connectivity index (χ3n) is 3.74. The Morgan fingerprint density at radius 3 is 2.75 bits per heavy atom. The Morgan fingerprint density at radius 2 is 2.04 bits per heavy atom. The van der Waals surface area contributed by atoms with Crippen molar-refractivity contribution >= 4 is 23.0 Å². The van der Waals surface area contributed by atoms with Gasteiger partial charge < -0.3 is 10.2 Å². The van der Waals surface area contributed by atoms with E-state index in [1.165, 1.54) is 6.07 Å². The van der Waals surface area contributed by atoms with Gasteiger partial charge in [-0.05, 0) is 18.6 Å². The van der Waals surface area contributed by atoms with Crippen LogP contribution in [0.4, 0.5) is 11.4 Å². The van der Waals surface area contributed by atoms with Gasteiger partial charge in [-0.2, -0.15) is 0 Å². The summed E-state index contributed by atoms with van der Waals surface area (Å²) < 4.78 is 0. The molecule has 0 saturated carbocycles. The average molecular weight is 325 g/mol. The Hall–Kier alpha value is -3.22. The van der Waals surface area contributed by atoms with Gasteiger partial charge in [0.15, 0.2) is 0 Å². The minimum Gasteiger partial charge on any atom is -0.382 e. The first-order valence-electron chi connectivity index (χ1n) is 7.38. The molecule has 122 valence electrons. The fraction of sp³-hybridized carbons (Fsp3) is 0.176. The van der Waals surface area contributed by atoms with Gasteiger partial charge in [0.1, 0.15) is 0 Å². The van der Waals surface area contributed by atoms with Gasteiger partial charge in [-0.3, -0.25) is 14.9 Å². The van der Waals surface area contributed by atoms with Crippen molar-refractivity contribution in [1.82, 2.24) is 0 Å². The van der Waals surface area contributed by atoms with Crippen LogP contribution in [0.5, 0.6) is 0 Å². The number of oxime groups is 1. The summed E-state index contributed by atoms with van der Waals surface area (Å²) in [6.07, 6.45) is -0.398. The summed E-state index contributed by atoms with van der Waals surface area (Å²) in [6, 6.07) is 14.0. The molecule has 1 unspecified atom stereocenters. The fourth-order valence-corrected chi connectivity index (χ4v) is 2.43. The Labute approximate surface area is 138 Å². The molecule has 0 aliphatic carbocycles. The normalized spacial score (nSPS) is 16.2. The molecular formula is C17H15N3O4. The average Bonchev–Trinajstić information content (AvgIpc) is 3.07. The standard InChI is InChI=1S/C17H15N3O4/c1-11-7-8-13(9-15(11)20(22)23)18-17(21)16-10-14(19-24-16)12-5-3-2-4-6-12/h2-9,16H,10H2,1H3,(H,18,21). The van der Waals surface area contributed by atoms with Gasteiger partial charge in [0.05, 0.1) is 10.6 Å². The van der Waals surface area contributed by atoms with E-state index in [1.807, 2.05) is 30.3 Å². The largest absolute Gasteiger partial charge is 0.382 e. The number of nitro groups is 1. The first kappa shape index (κ1) is 15.7. The van der Waals surface area contributed by atoms with Crippen LogP contribution in [-0.2, 0) is 9.63 Å². The van der Waals surface area contributed by atoms with Gasteiger partial charge in [0.2, 0.25) is 6.10 Å². The van der Waals surface area contributed by atoms with E-state index in [0.717, 1.165) is 5.56 Å². The number of aryl methyl sites for hydroxylation is 1. The maximum Gasteiger partial charge on any atom is 0.274 e. The summed E-state index contributed by atoms with van der Waals surface area (Å²) in [5.74, 6) is -0.386. The molecule has 2 aromatic rings. The van der Waals surface area contributed by atoms with Crippen LogP contribution in [0.2, 0.25) is 0 Å². The molecule has 1 atom stereocenters. The van der Waals surface area contributed by atoms with E-state index >= 15 is 0 Å². The van der Waals surface area contributed by atoms with Crippen LogP contribution in [0.3, 0.4) is 0 Å². The highest BCUT2D eigenvalue weighted by molar-refractivity contribution is 6.06. The lowest BCUT2D eigenvalue weighted by Crippen LogP contribution is -2.28. The lowest BCUT2D eigenvalue weighted by Gasteiger charge is -2.10. The quantitative estimate of drug-likeness (QED) is 0.690. The van der Waals surface area contributed by atoms with Crippen molar-refractivity contribution in [3.8, 4) is 0 Å². The predicted octanol–water partition coefficient (Wildman–Crippen LogP) is 3.03. The second-order valence-corrected chi connectivity index (χ2v) is 5.45. The minimum absolute atomic E-state index is 0.0404. The summed E-state index contributed by atoms with van der Waals surface area (Å²) in [4.78, 5) is 28.0. The van der Waals surface area contributed by atoms with Crippen LogP contribution >= 0.6 is 0 Å². The van der Waals surface area contributed by atoms with Gasteiger partial charge >= 0.3 is 0 Å². The van der Waals surface area contributed by atoms with Gasteiger partial charge in [-0.1, -0.05) is 41.6 Å². The zero-order valence-corrected chi connectivity index (χ0v) is 12.9. The van der Waals surface area contributed by atoms with Crippen molar-refractivity contribution < 1.29 is 14.6 Å². The second-order valence-electron chi connectivity index (χ2n) is 5.45. The molecule has 0 aromatic heterocycles. The Kier molecular flexibility index (Phi) is 4.24. The molecule has 1 aliphatic rings. The molecule has 0 bridgehead atoms. The van der Waals surface area contributed by atoms with Crippen LogP contribution in [-0.4, -0.2) is 22.6 Å². The van der Waals surface area contributed by atoms with E-state index in [0.29, 0.717) is 23.4 Å². The summed E-state index contributed by atoms with van der Waals surface area (Å²) in [7, 11) is 0. The molecule has 3 rings (SSSR count). The molecule has 24 heavy (non-hydrogen) atoms. The third kappa shape index (κ3) is 3.24. The summed E-state index contributed by atoms with van der Waals surface area (Å²) >= 11 is 0. The SMILES string of the molecule is Cc1ccc(NC(=O)C2CC(c3ccccc3)=NO2)cc1[N+](=O)[O-]. The van der Waals surface area contributed by atoms with E-state index < -0.39 is 11.0 Å². The molecule has 7 heteroatoms. The first-order chi connectivity index (χ1) is 11.5. The highest BCUT2D eigenvalue weighted by Crippen LogP contribution is 2.23. The molecule has 7 nitrogen and oxygen atoms in total. The predicted molar refractivity (Wildman–Crippen MR) is 88.9 cm³/mol.